The van der Waals surface area contributed by atoms with Crippen molar-refractivity contribution in [3.8, 4) is 0 Å². The first-order valence-electron chi connectivity index (χ1n) is 7.24. The topological polar surface area (TPSA) is 110 Å². The SMILES string of the molecule is CC(=O)Nc1cccc(Nc2nc3ccccc3nc2C(N)=O)c1. The Bertz CT molecular complexity index is 939. The van der Waals surface area contributed by atoms with Gasteiger partial charge in [0.05, 0.1) is 11.0 Å². The minimum atomic E-state index is -0.672. The average molecular weight is 321 g/mol. The summed E-state index contributed by atoms with van der Waals surface area (Å²) in [5.74, 6) is -0.578. The zero-order valence-electron chi connectivity index (χ0n) is 12.9. The summed E-state index contributed by atoms with van der Waals surface area (Å²) in [6, 6.07) is 14.2. The molecule has 0 unspecified atom stereocenters. The van der Waals surface area contributed by atoms with Crippen LogP contribution in [0.3, 0.4) is 0 Å². The number of carbonyl (C=O) groups is 2. The minimum Gasteiger partial charge on any atom is -0.364 e. The fourth-order valence-corrected chi connectivity index (χ4v) is 2.27. The normalized spacial score (nSPS) is 10.4. The Hall–Kier alpha value is -3.48. The van der Waals surface area contributed by atoms with Crippen LogP contribution in [0.15, 0.2) is 48.5 Å². The first kappa shape index (κ1) is 15.4. The number of anilines is 3. The van der Waals surface area contributed by atoms with Crippen molar-refractivity contribution in [1.82, 2.24) is 9.97 Å². The van der Waals surface area contributed by atoms with E-state index in [-0.39, 0.29) is 17.4 Å². The molecular formula is C17H15N5O2. The molecule has 2 amide bonds. The van der Waals surface area contributed by atoms with Crippen LogP contribution >= 0.6 is 0 Å². The molecule has 4 N–H and O–H groups in total. The van der Waals surface area contributed by atoms with Crippen molar-refractivity contribution in [2.45, 2.75) is 6.92 Å². The molecule has 1 heterocycles. The van der Waals surface area contributed by atoms with Crippen LogP contribution in [0, 0.1) is 0 Å². The molecule has 0 aliphatic rings. The van der Waals surface area contributed by atoms with Crippen molar-refractivity contribution in [3.63, 3.8) is 0 Å². The van der Waals surface area contributed by atoms with Crippen LogP contribution in [0.2, 0.25) is 0 Å². The molecule has 0 aliphatic heterocycles. The van der Waals surface area contributed by atoms with E-state index in [0.717, 1.165) is 0 Å². The quantitative estimate of drug-likeness (QED) is 0.683. The molecule has 3 aromatic rings. The Morgan fingerprint density at radius 2 is 1.62 bits per heavy atom. The molecule has 0 spiro atoms. The Labute approximate surface area is 137 Å². The number of para-hydroxylation sites is 2. The van der Waals surface area contributed by atoms with Gasteiger partial charge in [-0.3, -0.25) is 9.59 Å². The van der Waals surface area contributed by atoms with E-state index in [9.17, 15) is 9.59 Å². The molecule has 0 saturated carbocycles. The Morgan fingerprint density at radius 3 is 2.29 bits per heavy atom. The maximum absolute atomic E-state index is 11.7. The smallest absolute Gasteiger partial charge is 0.271 e. The van der Waals surface area contributed by atoms with Gasteiger partial charge in [-0.15, -0.1) is 0 Å². The fraction of sp³-hybridized carbons (Fsp3) is 0.0588. The molecule has 7 nitrogen and oxygen atoms in total. The van der Waals surface area contributed by atoms with E-state index in [1.165, 1.54) is 6.92 Å². The summed E-state index contributed by atoms with van der Waals surface area (Å²) in [4.78, 5) is 31.5. The molecule has 0 aliphatic carbocycles. The first-order valence-corrected chi connectivity index (χ1v) is 7.24. The highest BCUT2D eigenvalue weighted by atomic mass is 16.1. The summed E-state index contributed by atoms with van der Waals surface area (Å²) in [5.41, 5.74) is 7.97. The number of benzene rings is 2. The number of nitrogens with two attached hydrogens (primary N) is 1. The predicted octanol–water partition coefficient (Wildman–Crippen LogP) is 2.43. The second-order valence-electron chi connectivity index (χ2n) is 5.16. The second-order valence-corrected chi connectivity index (χ2v) is 5.16. The zero-order chi connectivity index (χ0) is 17.1. The third kappa shape index (κ3) is 3.30. The lowest BCUT2D eigenvalue weighted by molar-refractivity contribution is -0.114. The van der Waals surface area contributed by atoms with Gasteiger partial charge in [0.25, 0.3) is 5.91 Å². The number of fused-ring (bicyclic) bond motifs is 1. The standard InChI is InChI=1S/C17H15N5O2/c1-10(23)19-11-5-4-6-12(9-11)20-17-15(16(18)24)21-13-7-2-3-8-14(13)22-17/h2-9H,1H3,(H2,18,24)(H,19,23)(H,20,22). The molecule has 3 rings (SSSR count). The number of nitrogens with zero attached hydrogens (tertiary/aromatic N) is 2. The van der Waals surface area contributed by atoms with E-state index < -0.39 is 5.91 Å². The second kappa shape index (κ2) is 6.33. The van der Waals surface area contributed by atoms with Gasteiger partial charge in [0.2, 0.25) is 5.91 Å². The third-order valence-electron chi connectivity index (χ3n) is 3.25. The molecule has 0 saturated heterocycles. The van der Waals surface area contributed by atoms with E-state index in [4.69, 9.17) is 5.73 Å². The highest BCUT2D eigenvalue weighted by Crippen LogP contribution is 2.23. The fourth-order valence-electron chi connectivity index (χ4n) is 2.27. The molecule has 120 valence electrons. The van der Waals surface area contributed by atoms with E-state index in [2.05, 4.69) is 20.6 Å². The number of aromatic nitrogens is 2. The van der Waals surface area contributed by atoms with Gasteiger partial charge in [-0.05, 0) is 30.3 Å². The number of nitrogens with one attached hydrogen (secondary N) is 2. The Balaban J connectivity index is 2.01. The van der Waals surface area contributed by atoms with Crippen LogP contribution in [-0.4, -0.2) is 21.8 Å². The van der Waals surface area contributed by atoms with Gasteiger partial charge >= 0.3 is 0 Å². The highest BCUT2D eigenvalue weighted by molar-refractivity contribution is 5.98. The number of carbonyl (C=O) groups excluding carboxylic acids is 2. The predicted molar refractivity (Wildman–Crippen MR) is 92.1 cm³/mol. The van der Waals surface area contributed by atoms with Crippen molar-refractivity contribution >= 4 is 40.0 Å². The zero-order valence-corrected chi connectivity index (χ0v) is 12.9. The molecule has 0 fully saturated rings. The van der Waals surface area contributed by atoms with Crippen LogP contribution in [0.5, 0.6) is 0 Å². The molecule has 24 heavy (non-hydrogen) atoms. The van der Waals surface area contributed by atoms with Gasteiger partial charge in [-0.1, -0.05) is 18.2 Å². The molecule has 0 bridgehead atoms. The lowest BCUT2D eigenvalue weighted by Gasteiger charge is -2.11. The number of hydrogen-bond donors (Lipinski definition) is 3. The third-order valence-corrected chi connectivity index (χ3v) is 3.25. The first-order chi connectivity index (χ1) is 11.5. The van der Waals surface area contributed by atoms with Crippen LogP contribution in [0.25, 0.3) is 11.0 Å². The number of amides is 2. The monoisotopic (exact) mass is 321 g/mol. The summed E-state index contributed by atoms with van der Waals surface area (Å²) in [5, 5.41) is 5.73. The van der Waals surface area contributed by atoms with E-state index >= 15 is 0 Å². The van der Waals surface area contributed by atoms with Crippen molar-refractivity contribution in [2.24, 2.45) is 5.73 Å². The maximum Gasteiger partial charge on any atom is 0.271 e. The van der Waals surface area contributed by atoms with Crippen LogP contribution < -0.4 is 16.4 Å². The molecule has 0 atom stereocenters. The Morgan fingerprint density at radius 1 is 0.958 bits per heavy atom. The molecule has 2 aromatic carbocycles. The van der Waals surface area contributed by atoms with E-state index in [1.807, 2.05) is 12.1 Å². The lowest BCUT2D eigenvalue weighted by atomic mass is 10.2. The molecular weight excluding hydrogens is 306 g/mol. The molecule has 1 aromatic heterocycles. The van der Waals surface area contributed by atoms with Gasteiger partial charge in [-0.2, -0.15) is 0 Å². The minimum absolute atomic E-state index is 0.0543. The van der Waals surface area contributed by atoms with Gasteiger partial charge in [0.1, 0.15) is 0 Å². The van der Waals surface area contributed by atoms with Gasteiger partial charge in [0.15, 0.2) is 11.5 Å². The summed E-state index contributed by atoms with van der Waals surface area (Å²) < 4.78 is 0. The molecule has 7 heteroatoms. The molecule has 0 radical (unpaired) electrons. The summed E-state index contributed by atoms with van der Waals surface area (Å²) in [7, 11) is 0. The van der Waals surface area contributed by atoms with Crippen LogP contribution in [0.4, 0.5) is 17.2 Å². The van der Waals surface area contributed by atoms with Crippen molar-refractivity contribution in [3.05, 3.63) is 54.2 Å². The van der Waals surface area contributed by atoms with Crippen molar-refractivity contribution in [2.75, 3.05) is 10.6 Å². The van der Waals surface area contributed by atoms with Crippen LogP contribution in [0.1, 0.15) is 17.4 Å². The van der Waals surface area contributed by atoms with E-state index in [0.29, 0.717) is 22.4 Å². The Kier molecular flexibility index (Phi) is 4.07. The summed E-state index contributed by atoms with van der Waals surface area (Å²) >= 11 is 0. The van der Waals surface area contributed by atoms with Crippen LogP contribution in [-0.2, 0) is 4.79 Å². The van der Waals surface area contributed by atoms with Gasteiger partial charge < -0.3 is 16.4 Å². The number of primary amides is 1. The highest BCUT2D eigenvalue weighted by Gasteiger charge is 2.14. The van der Waals surface area contributed by atoms with Gasteiger partial charge in [0, 0.05) is 18.3 Å². The summed E-state index contributed by atoms with van der Waals surface area (Å²) in [6.07, 6.45) is 0. The summed E-state index contributed by atoms with van der Waals surface area (Å²) in [6.45, 7) is 1.43. The van der Waals surface area contributed by atoms with Gasteiger partial charge in [-0.25, -0.2) is 9.97 Å². The van der Waals surface area contributed by atoms with Crippen molar-refractivity contribution < 1.29 is 9.59 Å². The van der Waals surface area contributed by atoms with Crippen molar-refractivity contribution in [1.29, 1.82) is 0 Å². The maximum atomic E-state index is 11.7. The number of hydrogen-bond acceptors (Lipinski definition) is 5. The van der Waals surface area contributed by atoms with E-state index in [1.54, 1.807) is 36.4 Å². The largest absolute Gasteiger partial charge is 0.364 e. The lowest BCUT2D eigenvalue weighted by Crippen LogP contribution is -2.16. The number of rotatable bonds is 4. The average Bonchev–Trinajstić information content (AvgIpc) is 2.53.